The van der Waals surface area contributed by atoms with Crippen molar-refractivity contribution in [2.24, 2.45) is 0 Å². The number of nitrogen functional groups attached to an aromatic ring is 1. The van der Waals surface area contributed by atoms with E-state index in [9.17, 15) is 13.6 Å². The number of methoxy groups -OCH3 is 1. The van der Waals surface area contributed by atoms with Gasteiger partial charge in [0.1, 0.15) is 23.3 Å². The number of esters is 1. The van der Waals surface area contributed by atoms with E-state index in [1.54, 1.807) is 0 Å². The Morgan fingerprint density at radius 1 is 1.43 bits per heavy atom. The normalized spacial score (nSPS) is 10.7. The van der Waals surface area contributed by atoms with Gasteiger partial charge in [-0.3, -0.25) is 0 Å². The fourth-order valence-corrected chi connectivity index (χ4v) is 2.04. The van der Waals surface area contributed by atoms with Crippen LogP contribution in [0.1, 0.15) is 28.8 Å². The lowest BCUT2D eigenvalue weighted by molar-refractivity contribution is 0.0595. The van der Waals surface area contributed by atoms with Crippen molar-refractivity contribution >= 4 is 11.8 Å². The molecule has 1 heterocycles. The fourth-order valence-electron chi connectivity index (χ4n) is 2.04. The largest absolute Gasteiger partial charge is 0.464 e. The molecular formula is C14H15F2N3O2. The first-order chi connectivity index (χ1) is 9.97. The molecule has 21 heavy (non-hydrogen) atoms. The lowest BCUT2D eigenvalue weighted by atomic mass is 10.2. The Hall–Kier alpha value is -2.44. The van der Waals surface area contributed by atoms with E-state index in [2.05, 4.69) is 9.72 Å². The summed E-state index contributed by atoms with van der Waals surface area (Å²) in [4.78, 5) is 15.7. The van der Waals surface area contributed by atoms with Crippen molar-refractivity contribution in [1.82, 2.24) is 9.55 Å². The zero-order valence-electron chi connectivity index (χ0n) is 11.7. The first kappa shape index (κ1) is 15.0. The molecule has 1 aromatic carbocycles. The molecule has 0 aliphatic heterocycles. The Labute approximate surface area is 120 Å². The number of hydrogen-bond donors (Lipinski definition) is 1. The summed E-state index contributed by atoms with van der Waals surface area (Å²) in [6.45, 7) is 1.81. The Bertz CT molecular complexity index is 683. The van der Waals surface area contributed by atoms with Crippen LogP contribution in [0.25, 0.3) is 0 Å². The Balaban J connectivity index is 2.46. The number of benzene rings is 1. The van der Waals surface area contributed by atoms with Gasteiger partial charge in [-0.1, -0.05) is 6.92 Å². The van der Waals surface area contributed by atoms with Crippen LogP contribution in [0.3, 0.4) is 0 Å². The van der Waals surface area contributed by atoms with E-state index >= 15 is 0 Å². The number of ether oxygens (including phenoxy) is 1. The SMILES string of the molecule is CCc1nc(C(=O)OC)c(N)n1Cc1cc(F)ccc1F. The van der Waals surface area contributed by atoms with Gasteiger partial charge in [0.2, 0.25) is 0 Å². The molecule has 0 radical (unpaired) electrons. The minimum absolute atomic E-state index is 0.0113. The van der Waals surface area contributed by atoms with Gasteiger partial charge in [0.05, 0.1) is 13.7 Å². The second-order valence-corrected chi connectivity index (χ2v) is 4.43. The predicted octanol–water partition coefficient (Wildman–Crippen LogP) is 2.14. The van der Waals surface area contributed by atoms with Gasteiger partial charge in [0.25, 0.3) is 0 Å². The number of halogens is 2. The van der Waals surface area contributed by atoms with Crippen LogP contribution in [0.5, 0.6) is 0 Å². The van der Waals surface area contributed by atoms with Crippen molar-refractivity contribution in [1.29, 1.82) is 0 Å². The number of imidazole rings is 1. The average Bonchev–Trinajstić information content (AvgIpc) is 2.79. The van der Waals surface area contributed by atoms with Gasteiger partial charge in [0, 0.05) is 12.0 Å². The molecule has 5 nitrogen and oxygen atoms in total. The molecule has 0 saturated heterocycles. The number of hydrogen-bond acceptors (Lipinski definition) is 4. The first-order valence-electron chi connectivity index (χ1n) is 6.35. The molecular weight excluding hydrogens is 280 g/mol. The molecule has 1 aromatic heterocycles. The number of carbonyl (C=O) groups excluding carboxylic acids is 1. The van der Waals surface area contributed by atoms with E-state index in [1.807, 2.05) is 6.92 Å². The summed E-state index contributed by atoms with van der Waals surface area (Å²) >= 11 is 0. The molecule has 0 bridgehead atoms. The Kier molecular flexibility index (Phi) is 4.21. The number of nitrogens with two attached hydrogens (primary N) is 1. The molecule has 0 fully saturated rings. The van der Waals surface area contributed by atoms with E-state index in [4.69, 9.17) is 5.73 Å². The van der Waals surface area contributed by atoms with Gasteiger partial charge in [-0.2, -0.15) is 0 Å². The second-order valence-electron chi connectivity index (χ2n) is 4.43. The number of nitrogens with zero attached hydrogens (tertiary/aromatic N) is 2. The van der Waals surface area contributed by atoms with E-state index in [0.29, 0.717) is 12.2 Å². The molecule has 0 amide bonds. The third-order valence-electron chi connectivity index (χ3n) is 3.12. The maximum Gasteiger partial charge on any atom is 0.360 e. The van der Waals surface area contributed by atoms with Gasteiger partial charge < -0.3 is 15.0 Å². The molecule has 2 rings (SSSR count). The lowest BCUT2D eigenvalue weighted by Gasteiger charge is -2.10. The summed E-state index contributed by atoms with van der Waals surface area (Å²) in [5, 5.41) is 0. The van der Waals surface area contributed by atoms with Gasteiger partial charge in [0.15, 0.2) is 5.69 Å². The van der Waals surface area contributed by atoms with E-state index < -0.39 is 17.6 Å². The third-order valence-corrected chi connectivity index (χ3v) is 3.12. The number of carbonyl (C=O) groups is 1. The molecule has 0 saturated carbocycles. The number of anilines is 1. The van der Waals surface area contributed by atoms with Crippen LogP contribution in [0.2, 0.25) is 0 Å². The molecule has 0 aliphatic rings. The second kappa shape index (κ2) is 5.90. The molecule has 7 heteroatoms. The summed E-state index contributed by atoms with van der Waals surface area (Å²) in [5.41, 5.74) is 5.98. The standard InChI is InChI=1S/C14H15F2N3O2/c1-3-11-18-12(14(20)21-2)13(17)19(11)7-8-6-9(15)4-5-10(8)16/h4-6H,3,7,17H2,1-2H3. The summed E-state index contributed by atoms with van der Waals surface area (Å²) in [6.07, 6.45) is 0.484. The minimum atomic E-state index is -0.666. The molecule has 2 aromatic rings. The Morgan fingerprint density at radius 2 is 2.14 bits per heavy atom. The summed E-state index contributed by atoms with van der Waals surface area (Å²) in [5.74, 6) is -1.19. The molecule has 2 N–H and O–H groups in total. The van der Waals surface area contributed by atoms with Gasteiger partial charge in [-0.25, -0.2) is 18.6 Å². The van der Waals surface area contributed by atoms with E-state index in [0.717, 1.165) is 18.2 Å². The first-order valence-corrected chi connectivity index (χ1v) is 6.35. The zero-order valence-corrected chi connectivity index (χ0v) is 11.7. The molecule has 112 valence electrons. The van der Waals surface area contributed by atoms with Gasteiger partial charge in [-0.05, 0) is 18.2 Å². The van der Waals surface area contributed by atoms with Gasteiger partial charge in [-0.15, -0.1) is 0 Å². The maximum absolute atomic E-state index is 13.7. The zero-order chi connectivity index (χ0) is 15.6. The molecule has 0 spiro atoms. The monoisotopic (exact) mass is 295 g/mol. The van der Waals surface area contributed by atoms with Gasteiger partial charge >= 0.3 is 5.97 Å². The fraction of sp³-hybridized carbons (Fsp3) is 0.286. The van der Waals surface area contributed by atoms with Crippen molar-refractivity contribution in [3.63, 3.8) is 0 Å². The summed E-state index contributed by atoms with van der Waals surface area (Å²) in [7, 11) is 1.22. The van der Waals surface area contributed by atoms with Crippen molar-refractivity contribution in [2.45, 2.75) is 19.9 Å². The summed E-state index contributed by atoms with van der Waals surface area (Å²) < 4.78 is 33.0. The number of aryl methyl sites for hydroxylation is 1. The van der Waals surface area contributed by atoms with Crippen molar-refractivity contribution in [2.75, 3.05) is 12.8 Å². The maximum atomic E-state index is 13.7. The van der Waals surface area contributed by atoms with Crippen LogP contribution in [0.4, 0.5) is 14.6 Å². The minimum Gasteiger partial charge on any atom is -0.464 e. The number of rotatable bonds is 4. The van der Waals surface area contributed by atoms with E-state index in [-0.39, 0.29) is 23.6 Å². The van der Waals surface area contributed by atoms with Crippen LogP contribution in [-0.2, 0) is 17.7 Å². The van der Waals surface area contributed by atoms with Crippen LogP contribution in [0.15, 0.2) is 18.2 Å². The molecule has 0 atom stereocenters. The van der Waals surface area contributed by atoms with Crippen LogP contribution in [-0.4, -0.2) is 22.6 Å². The highest BCUT2D eigenvalue weighted by Gasteiger charge is 2.21. The quantitative estimate of drug-likeness (QED) is 0.877. The molecule has 0 aliphatic carbocycles. The number of aromatic nitrogens is 2. The summed E-state index contributed by atoms with van der Waals surface area (Å²) in [6, 6.07) is 3.17. The smallest absolute Gasteiger partial charge is 0.360 e. The van der Waals surface area contributed by atoms with Crippen molar-refractivity contribution in [3.8, 4) is 0 Å². The van der Waals surface area contributed by atoms with Crippen molar-refractivity contribution in [3.05, 3.63) is 46.9 Å². The van der Waals surface area contributed by atoms with E-state index in [1.165, 1.54) is 11.7 Å². The average molecular weight is 295 g/mol. The van der Waals surface area contributed by atoms with Crippen LogP contribution in [0, 0.1) is 11.6 Å². The predicted molar refractivity (Wildman–Crippen MR) is 72.8 cm³/mol. The van der Waals surface area contributed by atoms with Crippen LogP contribution < -0.4 is 5.73 Å². The lowest BCUT2D eigenvalue weighted by Crippen LogP contribution is -2.11. The highest BCUT2D eigenvalue weighted by Crippen LogP contribution is 2.20. The van der Waals surface area contributed by atoms with Crippen molar-refractivity contribution < 1.29 is 18.3 Å². The highest BCUT2D eigenvalue weighted by atomic mass is 19.1. The molecule has 0 unspecified atom stereocenters. The third kappa shape index (κ3) is 2.86. The Morgan fingerprint density at radius 3 is 2.76 bits per heavy atom. The van der Waals surface area contributed by atoms with Crippen LogP contribution >= 0.6 is 0 Å². The topological polar surface area (TPSA) is 70.1 Å². The highest BCUT2D eigenvalue weighted by molar-refractivity contribution is 5.92.